The van der Waals surface area contributed by atoms with Crippen LogP contribution in [-0.4, -0.2) is 30.1 Å². The average Bonchev–Trinajstić information content (AvgIpc) is 3.15. The molecule has 5 rings (SSSR count). The third-order valence-corrected chi connectivity index (χ3v) is 6.06. The Hall–Kier alpha value is -3.31. The minimum Gasteiger partial charge on any atom is -0.490 e. The molecular formula is C26H26N2O3. The molecular weight excluding hydrogens is 388 g/mol. The van der Waals surface area contributed by atoms with Crippen molar-refractivity contribution in [2.24, 2.45) is 0 Å². The van der Waals surface area contributed by atoms with Gasteiger partial charge in [0.15, 0.2) is 0 Å². The number of aromatic nitrogens is 1. The molecule has 2 heterocycles. The number of aryl methyl sites for hydroxylation is 1. The van der Waals surface area contributed by atoms with Crippen molar-refractivity contribution in [3.63, 3.8) is 0 Å². The van der Waals surface area contributed by atoms with Crippen LogP contribution in [0.3, 0.4) is 0 Å². The molecule has 2 N–H and O–H groups in total. The molecule has 5 nitrogen and oxygen atoms in total. The summed E-state index contributed by atoms with van der Waals surface area (Å²) in [5.41, 5.74) is 3.23. The van der Waals surface area contributed by atoms with Gasteiger partial charge in [0, 0.05) is 5.39 Å². The first-order chi connectivity index (χ1) is 15.2. The van der Waals surface area contributed by atoms with Crippen molar-refractivity contribution in [1.82, 2.24) is 10.3 Å². The van der Waals surface area contributed by atoms with Gasteiger partial charge in [-0.25, -0.2) is 4.79 Å². The predicted octanol–water partition coefficient (Wildman–Crippen LogP) is 5.12. The van der Waals surface area contributed by atoms with Crippen molar-refractivity contribution < 1.29 is 14.3 Å². The molecule has 0 spiro atoms. The Kier molecular flexibility index (Phi) is 5.35. The van der Waals surface area contributed by atoms with Gasteiger partial charge in [0.1, 0.15) is 24.2 Å². The normalized spacial score (nSPS) is 14.7. The van der Waals surface area contributed by atoms with E-state index in [9.17, 15) is 4.79 Å². The number of carbonyl (C=O) groups excluding carboxylic acids is 1. The zero-order valence-electron chi connectivity index (χ0n) is 17.6. The third kappa shape index (κ3) is 3.89. The second-order valence-electron chi connectivity index (χ2n) is 8.09. The molecule has 4 aromatic rings. The smallest absolute Gasteiger partial charge is 0.355 e. The molecule has 0 radical (unpaired) electrons. The zero-order valence-corrected chi connectivity index (χ0v) is 17.6. The van der Waals surface area contributed by atoms with Crippen LogP contribution in [-0.2, 0) is 11.3 Å². The first-order valence-electron chi connectivity index (χ1n) is 10.8. The molecule has 158 valence electrons. The quantitative estimate of drug-likeness (QED) is 0.445. The van der Waals surface area contributed by atoms with Crippen LogP contribution < -0.4 is 10.1 Å². The SMILES string of the molecule is Cc1c(C(=O)OCc2cccc3ccccc23)[nH]c2cccc(OC3CCNCC3)c12. The summed E-state index contributed by atoms with van der Waals surface area (Å²) in [5.74, 6) is 0.473. The summed E-state index contributed by atoms with van der Waals surface area (Å²) in [6.45, 7) is 4.12. The number of H-pyrrole nitrogens is 1. The molecule has 0 bridgehead atoms. The van der Waals surface area contributed by atoms with Gasteiger partial charge in [-0.2, -0.15) is 0 Å². The van der Waals surface area contributed by atoms with Gasteiger partial charge in [-0.1, -0.05) is 48.5 Å². The highest BCUT2D eigenvalue weighted by Crippen LogP contribution is 2.32. The third-order valence-electron chi connectivity index (χ3n) is 6.06. The lowest BCUT2D eigenvalue weighted by molar-refractivity contribution is 0.0467. The average molecular weight is 415 g/mol. The standard InChI is InChI=1S/C26H26N2O3/c1-17-24-22(10-5-11-23(24)31-20-12-14-27-15-13-20)28-25(17)26(29)30-16-19-8-4-7-18-6-2-3-9-21(18)19/h2-11,20,27-28H,12-16H2,1H3. The molecule has 0 unspecified atom stereocenters. The topological polar surface area (TPSA) is 63.4 Å². The van der Waals surface area contributed by atoms with Crippen LogP contribution in [0.4, 0.5) is 0 Å². The second kappa shape index (κ2) is 8.44. The van der Waals surface area contributed by atoms with E-state index in [-0.39, 0.29) is 18.7 Å². The lowest BCUT2D eigenvalue weighted by Crippen LogP contribution is -2.34. The van der Waals surface area contributed by atoms with Gasteiger partial charge in [-0.3, -0.25) is 0 Å². The maximum atomic E-state index is 12.9. The Bertz CT molecular complexity index is 1230. The van der Waals surface area contributed by atoms with Gasteiger partial charge in [0.25, 0.3) is 0 Å². The number of carbonyl (C=O) groups is 1. The molecule has 0 amide bonds. The molecule has 0 aliphatic carbocycles. The van der Waals surface area contributed by atoms with Gasteiger partial charge in [0.05, 0.1) is 5.52 Å². The fourth-order valence-electron chi connectivity index (χ4n) is 4.40. The van der Waals surface area contributed by atoms with E-state index in [1.807, 2.05) is 49.4 Å². The lowest BCUT2D eigenvalue weighted by Gasteiger charge is -2.24. The number of benzene rings is 3. The molecule has 31 heavy (non-hydrogen) atoms. The molecule has 0 saturated carbocycles. The fraction of sp³-hybridized carbons (Fsp3) is 0.269. The monoisotopic (exact) mass is 414 g/mol. The van der Waals surface area contributed by atoms with Crippen LogP contribution in [0.1, 0.15) is 34.5 Å². The Morgan fingerprint density at radius 2 is 1.77 bits per heavy atom. The van der Waals surface area contributed by atoms with E-state index in [1.165, 1.54) is 0 Å². The van der Waals surface area contributed by atoms with Crippen molar-refractivity contribution in [1.29, 1.82) is 0 Å². The van der Waals surface area contributed by atoms with Crippen molar-refractivity contribution in [3.8, 4) is 5.75 Å². The van der Waals surface area contributed by atoms with Crippen LogP contribution in [0.5, 0.6) is 5.75 Å². The summed E-state index contributed by atoms with van der Waals surface area (Å²) in [4.78, 5) is 16.2. The molecule has 5 heteroatoms. The summed E-state index contributed by atoms with van der Waals surface area (Å²) < 4.78 is 12.0. The summed E-state index contributed by atoms with van der Waals surface area (Å²) in [5, 5.41) is 6.55. The van der Waals surface area contributed by atoms with Crippen molar-refractivity contribution in [2.75, 3.05) is 13.1 Å². The van der Waals surface area contributed by atoms with Gasteiger partial charge in [-0.05, 0) is 66.9 Å². The second-order valence-corrected chi connectivity index (χ2v) is 8.09. The Labute approximate surface area is 181 Å². The van der Waals surface area contributed by atoms with Crippen LogP contribution >= 0.6 is 0 Å². The number of rotatable bonds is 5. The largest absolute Gasteiger partial charge is 0.490 e. The van der Waals surface area contributed by atoms with Gasteiger partial charge >= 0.3 is 5.97 Å². The Morgan fingerprint density at radius 1 is 1.00 bits per heavy atom. The molecule has 1 fully saturated rings. The molecule has 1 aliphatic heterocycles. The highest BCUT2D eigenvalue weighted by atomic mass is 16.5. The van der Waals surface area contributed by atoms with Crippen molar-refractivity contribution in [2.45, 2.75) is 32.5 Å². The highest BCUT2D eigenvalue weighted by Gasteiger charge is 2.21. The fourth-order valence-corrected chi connectivity index (χ4v) is 4.40. The summed E-state index contributed by atoms with van der Waals surface area (Å²) >= 11 is 0. The first-order valence-corrected chi connectivity index (χ1v) is 10.8. The summed E-state index contributed by atoms with van der Waals surface area (Å²) in [7, 11) is 0. The summed E-state index contributed by atoms with van der Waals surface area (Å²) in [6.07, 6.45) is 2.17. The number of hydrogen-bond acceptors (Lipinski definition) is 4. The number of fused-ring (bicyclic) bond motifs is 2. The maximum Gasteiger partial charge on any atom is 0.355 e. The molecule has 1 aromatic heterocycles. The van der Waals surface area contributed by atoms with Crippen LogP contribution in [0, 0.1) is 6.92 Å². The van der Waals surface area contributed by atoms with Crippen molar-refractivity contribution in [3.05, 3.63) is 77.5 Å². The van der Waals surface area contributed by atoms with Crippen molar-refractivity contribution >= 4 is 27.6 Å². The van der Waals surface area contributed by atoms with Gasteiger partial charge in [0.2, 0.25) is 0 Å². The maximum absolute atomic E-state index is 12.9. The molecule has 1 saturated heterocycles. The predicted molar refractivity (Wildman–Crippen MR) is 123 cm³/mol. The van der Waals surface area contributed by atoms with Crippen LogP contribution in [0.2, 0.25) is 0 Å². The van der Waals surface area contributed by atoms with Crippen LogP contribution in [0.25, 0.3) is 21.7 Å². The number of aromatic amines is 1. The first kappa shape index (κ1) is 19.6. The number of esters is 1. The number of ether oxygens (including phenoxy) is 2. The number of nitrogens with one attached hydrogen (secondary N) is 2. The van der Waals surface area contributed by atoms with E-state index in [2.05, 4.69) is 28.5 Å². The van der Waals surface area contributed by atoms with E-state index in [0.717, 1.165) is 64.5 Å². The number of piperidine rings is 1. The zero-order chi connectivity index (χ0) is 21.2. The van der Waals surface area contributed by atoms with Gasteiger partial charge < -0.3 is 19.8 Å². The minimum absolute atomic E-state index is 0.197. The highest BCUT2D eigenvalue weighted by molar-refractivity contribution is 6.00. The van der Waals surface area contributed by atoms with E-state index in [0.29, 0.717) is 5.69 Å². The van der Waals surface area contributed by atoms with Gasteiger partial charge in [-0.15, -0.1) is 0 Å². The summed E-state index contributed by atoms with van der Waals surface area (Å²) in [6, 6.07) is 20.1. The number of hydrogen-bond donors (Lipinski definition) is 2. The van der Waals surface area contributed by atoms with E-state index >= 15 is 0 Å². The van der Waals surface area contributed by atoms with E-state index < -0.39 is 0 Å². The molecule has 3 aromatic carbocycles. The Morgan fingerprint density at radius 3 is 2.65 bits per heavy atom. The Balaban J connectivity index is 1.38. The van der Waals surface area contributed by atoms with E-state index in [1.54, 1.807) is 0 Å². The molecule has 0 atom stereocenters. The van der Waals surface area contributed by atoms with Crippen LogP contribution in [0.15, 0.2) is 60.7 Å². The van der Waals surface area contributed by atoms with E-state index in [4.69, 9.17) is 9.47 Å². The molecule has 1 aliphatic rings. The lowest BCUT2D eigenvalue weighted by atomic mass is 10.1. The minimum atomic E-state index is -0.352.